The monoisotopic (exact) mass is 428 g/mol. The molecule has 1 aliphatic heterocycles. The Bertz CT molecular complexity index is 974. The Morgan fingerprint density at radius 1 is 1.19 bits per heavy atom. The molecule has 2 N–H and O–H groups in total. The molecule has 7 nitrogen and oxygen atoms in total. The molecule has 31 heavy (non-hydrogen) atoms. The average Bonchev–Trinajstić information content (AvgIpc) is 2.71. The second-order valence-electron chi connectivity index (χ2n) is 7.61. The number of amides is 2. The molecule has 164 valence electrons. The van der Waals surface area contributed by atoms with Gasteiger partial charge >= 0.3 is 5.97 Å². The van der Waals surface area contributed by atoms with Gasteiger partial charge in [0.15, 0.2) is 0 Å². The van der Waals surface area contributed by atoms with Crippen molar-refractivity contribution in [1.29, 1.82) is 0 Å². The first-order chi connectivity index (χ1) is 14.8. The Hall–Kier alpha value is -3.42. The van der Waals surface area contributed by atoms with Gasteiger partial charge in [-0.1, -0.05) is 18.2 Å². The first kappa shape index (κ1) is 22.3. The highest BCUT2D eigenvalue weighted by Crippen LogP contribution is 2.34. The van der Waals surface area contributed by atoms with E-state index in [4.69, 9.17) is 9.47 Å². The molecule has 1 aliphatic rings. The fraction of sp³-hybridized carbons (Fsp3) is 0.348. The Labute approximate surface area is 179 Å². The van der Waals surface area contributed by atoms with Crippen molar-refractivity contribution >= 4 is 23.5 Å². The van der Waals surface area contributed by atoms with Crippen LogP contribution in [0.1, 0.15) is 49.8 Å². The zero-order valence-electron chi connectivity index (χ0n) is 17.6. The minimum atomic E-state index is -0.800. The molecule has 0 fully saturated rings. The summed E-state index contributed by atoms with van der Waals surface area (Å²) in [5.41, 5.74) is 1.49. The lowest BCUT2D eigenvalue weighted by molar-refractivity contribution is -0.148. The number of anilines is 1. The van der Waals surface area contributed by atoms with Crippen LogP contribution in [0.15, 0.2) is 42.5 Å². The molecule has 2 aromatic rings. The van der Waals surface area contributed by atoms with Crippen molar-refractivity contribution in [3.8, 4) is 5.75 Å². The van der Waals surface area contributed by atoms with E-state index in [0.29, 0.717) is 16.9 Å². The number of ether oxygens (including phenoxy) is 2. The highest BCUT2D eigenvalue weighted by molar-refractivity contribution is 6.01. The van der Waals surface area contributed by atoms with Crippen LogP contribution >= 0.6 is 0 Å². The number of rotatable bonds is 7. The van der Waals surface area contributed by atoms with Crippen molar-refractivity contribution in [2.75, 3.05) is 12.4 Å². The maximum atomic E-state index is 13.6. The molecule has 0 saturated carbocycles. The molecule has 0 aliphatic carbocycles. The number of nitrogens with one attached hydrogen (secondary N) is 2. The molecule has 0 aromatic heterocycles. The first-order valence-corrected chi connectivity index (χ1v) is 10.00. The van der Waals surface area contributed by atoms with E-state index in [1.165, 1.54) is 18.2 Å². The molecular formula is C23H25FN2O5. The zero-order valence-corrected chi connectivity index (χ0v) is 17.6. The number of carbonyl (C=O) groups excluding carboxylic acids is 3. The molecule has 2 amide bonds. The lowest BCUT2D eigenvalue weighted by atomic mass is 9.89. The number of carbonyl (C=O) groups is 3. The molecule has 0 saturated heterocycles. The summed E-state index contributed by atoms with van der Waals surface area (Å²) in [6.45, 7) is 3.49. The maximum Gasteiger partial charge on any atom is 0.308 e. The molecule has 1 heterocycles. The minimum Gasteiger partial charge on any atom is -0.497 e. The molecule has 0 radical (unpaired) electrons. The number of fused-ring (bicyclic) bond motifs is 1. The molecule has 0 bridgehead atoms. The van der Waals surface area contributed by atoms with E-state index in [1.54, 1.807) is 45.2 Å². The van der Waals surface area contributed by atoms with Gasteiger partial charge in [-0.2, -0.15) is 0 Å². The van der Waals surface area contributed by atoms with Crippen molar-refractivity contribution in [2.45, 2.75) is 44.8 Å². The van der Waals surface area contributed by atoms with Crippen LogP contribution in [0.3, 0.4) is 0 Å². The van der Waals surface area contributed by atoms with E-state index < -0.39 is 29.7 Å². The van der Waals surface area contributed by atoms with Crippen LogP contribution < -0.4 is 15.4 Å². The molecule has 2 atom stereocenters. The minimum absolute atomic E-state index is 0.0732. The third kappa shape index (κ3) is 5.59. The highest BCUT2D eigenvalue weighted by Gasteiger charge is 2.32. The summed E-state index contributed by atoms with van der Waals surface area (Å²) >= 11 is 0. The van der Waals surface area contributed by atoms with Crippen LogP contribution in [-0.2, 0) is 19.1 Å². The van der Waals surface area contributed by atoms with Crippen LogP contribution in [0.25, 0.3) is 0 Å². The average molecular weight is 428 g/mol. The summed E-state index contributed by atoms with van der Waals surface area (Å²) in [7, 11) is 1.54. The van der Waals surface area contributed by atoms with E-state index >= 15 is 0 Å². The Morgan fingerprint density at radius 2 is 1.90 bits per heavy atom. The Morgan fingerprint density at radius 3 is 2.55 bits per heavy atom. The topological polar surface area (TPSA) is 93.7 Å². The molecule has 2 unspecified atom stereocenters. The second kappa shape index (κ2) is 9.59. The van der Waals surface area contributed by atoms with E-state index in [0.717, 1.165) is 0 Å². The van der Waals surface area contributed by atoms with Crippen molar-refractivity contribution in [3.63, 3.8) is 0 Å². The van der Waals surface area contributed by atoms with Gasteiger partial charge in [0.05, 0.1) is 31.6 Å². The number of esters is 1. The number of hydrogen-bond donors (Lipinski definition) is 2. The fourth-order valence-corrected chi connectivity index (χ4v) is 3.51. The highest BCUT2D eigenvalue weighted by atomic mass is 19.1. The molecular weight excluding hydrogens is 403 g/mol. The molecule has 0 spiro atoms. The van der Waals surface area contributed by atoms with E-state index in [1.807, 2.05) is 0 Å². The van der Waals surface area contributed by atoms with Crippen LogP contribution in [0, 0.1) is 5.82 Å². The van der Waals surface area contributed by atoms with Gasteiger partial charge < -0.3 is 20.1 Å². The van der Waals surface area contributed by atoms with Crippen LogP contribution in [0.5, 0.6) is 5.75 Å². The molecule has 2 aromatic carbocycles. The van der Waals surface area contributed by atoms with Crippen molar-refractivity contribution in [3.05, 3.63) is 59.4 Å². The maximum absolute atomic E-state index is 13.6. The summed E-state index contributed by atoms with van der Waals surface area (Å²) in [6.07, 6.45) is -0.440. The quantitative estimate of drug-likeness (QED) is 0.659. The van der Waals surface area contributed by atoms with Gasteiger partial charge in [-0.15, -0.1) is 0 Å². The molecule has 8 heteroatoms. The van der Waals surface area contributed by atoms with Crippen LogP contribution in [0.2, 0.25) is 0 Å². The van der Waals surface area contributed by atoms with Gasteiger partial charge in [-0.3, -0.25) is 14.4 Å². The lowest BCUT2D eigenvalue weighted by Gasteiger charge is -2.27. The molecule has 3 rings (SSSR count). The first-order valence-electron chi connectivity index (χ1n) is 10.00. The van der Waals surface area contributed by atoms with Crippen molar-refractivity contribution < 1.29 is 28.2 Å². The third-order valence-corrected chi connectivity index (χ3v) is 4.94. The van der Waals surface area contributed by atoms with Gasteiger partial charge in [0.25, 0.3) is 0 Å². The number of hydrogen-bond acceptors (Lipinski definition) is 5. The smallest absolute Gasteiger partial charge is 0.308 e. The van der Waals surface area contributed by atoms with Gasteiger partial charge in [0, 0.05) is 12.1 Å². The zero-order chi connectivity index (χ0) is 22.5. The SMILES string of the molecule is COc1ccc(C(CC(=O)OC(C)C)NC(=O)C2CC(=O)Nc3cc(F)ccc32)cc1. The Kier molecular flexibility index (Phi) is 6.89. The predicted octanol–water partition coefficient (Wildman–Crippen LogP) is 3.46. The Balaban J connectivity index is 1.85. The van der Waals surface area contributed by atoms with Crippen molar-refractivity contribution in [1.82, 2.24) is 5.32 Å². The predicted molar refractivity (Wildman–Crippen MR) is 112 cm³/mol. The standard InChI is InChI=1S/C23H25FN2O5/c1-13(2)31-22(28)12-19(14-4-7-16(30-3)8-5-14)26-23(29)18-11-21(27)25-20-10-15(24)6-9-17(18)20/h4-10,13,18-19H,11-12H2,1-3H3,(H,25,27)(H,26,29). The summed E-state index contributed by atoms with van der Waals surface area (Å²) < 4.78 is 24.0. The summed E-state index contributed by atoms with van der Waals surface area (Å²) in [5, 5.41) is 5.46. The summed E-state index contributed by atoms with van der Waals surface area (Å²) in [5.74, 6) is -1.93. The lowest BCUT2D eigenvalue weighted by Crippen LogP contribution is -2.38. The van der Waals surface area contributed by atoms with Gasteiger partial charge in [-0.25, -0.2) is 4.39 Å². The van der Waals surface area contributed by atoms with E-state index in [9.17, 15) is 18.8 Å². The number of methoxy groups -OCH3 is 1. The van der Waals surface area contributed by atoms with Gasteiger partial charge in [-0.05, 0) is 49.2 Å². The van der Waals surface area contributed by atoms with E-state index in [2.05, 4.69) is 10.6 Å². The normalized spacial score (nSPS) is 16.2. The second-order valence-corrected chi connectivity index (χ2v) is 7.61. The largest absolute Gasteiger partial charge is 0.497 e. The van der Waals surface area contributed by atoms with Gasteiger partial charge in [0.2, 0.25) is 11.8 Å². The van der Waals surface area contributed by atoms with Crippen molar-refractivity contribution in [2.24, 2.45) is 0 Å². The van der Waals surface area contributed by atoms with Gasteiger partial charge in [0.1, 0.15) is 11.6 Å². The summed E-state index contributed by atoms with van der Waals surface area (Å²) in [6, 6.07) is 10.2. The number of halogens is 1. The van der Waals surface area contributed by atoms with Crippen LogP contribution in [-0.4, -0.2) is 31.0 Å². The van der Waals surface area contributed by atoms with E-state index in [-0.39, 0.29) is 30.5 Å². The fourth-order valence-electron chi connectivity index (χ4n) is 3.51. The number of benzene rings is 2. The summed E-state index contributed by atoms with van der Waals surface area (Å²) in [4.78, 5) is 37.5. The van der Waals surface area contributed by atoms with Crippen LogP contribution in [0.4, 0.5) is 10.1 Å². The third-order valence-electron chi connectivity index (χ3n) is 4.94.